The van der Waals surface area contributed by atoms with Crippen LogP contribution >= 0.6 is 0 Å². The molecule has 1 amide bonds. The first-order valence-corrected chi connectivity index (χ1v) is 6.14. The van der Waals surface area contributed by atoms with E-state index in [0.29, 0.717) is 17.7 Å². The van der Waals surface area contributed by atoms with Gasteiger partial charge in [-0.15, -0.1) is 0 Å². The van der Waals surface area contributed by atoms with E-state index in [1.54, 1.807) is 48.6 Å². The van der Waals surface area contributed by atoms with E-state index in [9.17, 15) is 4.79 Å². The van der Waals surface area contributed by atoms with Gasteiger partial charge in [-0.3, -0.25) is 4.79 Å². The van der Waals surface area contributed by atoms with Crippen molar-refractivity contribution >= 4 is 5.91 Å². The van der Waals surface area contributed by atoms with E-state index in [2.05, 4.69) is 21.8 Å². The molecular weight excluding hydrogens is 254 g/mol. The maximum atomic E-state index is 12.3. The minimum Gasteiger partial charge on any atom is -0.384 e. The fraction of sp³-hybridized carbons (Fsp3) is 0.200. The average molecular weight is 269 g/mol. The lowest BCUT2D eigenvalue weighted by molar-refractivity contribution is 0.0782. The minimum atomic E-state index is -0.198. The quantitative estimate of drug-likeness (QED) is 0.818. The number of rotatable bonds is 3. The molecule has 0 aliphatic heterocycles. The fourth-order valence-electron chi connectivity index (χ4n) is 1.77. The first-order valence-electron chi connectivity index (χ1n) is 6.14. The van der Waals surface area contributed by atoms with Gasteiger partial charge >= 0.3 is 0 Å². The summed E-state index contributed by atoms with van der Waals surface area (Å²) in [7, 11) is 1.72. The summed E-state index contributed by atoms with van der Waals surface area (Å²) in [5.41, 5.74) is 1.26. The lowest BCUT2D eigenvalue weighted by Gasteiger charge is -2.15. The maximum absolute atomic E-state index is 12.3. The van der Waals surface area contributed by atoms with Crippen LogP contribution in [0.3, 0.4) is 0 Å². The number of hydrogen-bond acceptors (Lipinski definition) is 3. The van der Waals surface area contributed by atoms with Crippen LogP contribution in [0, 0.1) is 11.8 Å². The van der Waals surface area contributed by atoms with Gasteiger partial charge in [0.05, 0.1) is 6.54 Å². The van der Waals surface area contributed by atoms with E-state index < -0.39 is 0 Å². The molecule has 2 N–H and O–H groups in total. The topological polar surface area (TPSA) is 69.2 Å². The molecule has 0 fully saturated rings. The van der Waals surface area contributed by atoms with E-state index in [1.165, 1.54) is 0 Å². The lowest BCUT2D eigenvalue weighted by atomic mass is 10.1. The van der Waals surface area contributed by atoms with Crippen molar-refractivity contribution in [2.75, 3.05) is 13.7 Å². The predicted octanol–water partition coefficient (Wildman–Crippen LogP) is 1.03. The van der Waals surface area contributed by atoms with E-state index in [4.69, 9.17) is 5.11 Å². The molecule has 0 saturated carbocycles. The van der Waals surface area contributed by atoms with Crippen LogP contribution in [0.1, 0.15) is 21.7 Å². The number of imidazole rings is 1. The molecule has 5 nitrogen and oxygen atoms in total. The molecule has 20 heavy (non-hydrogen) atoms. The van der Waals surface area contributed by atoms with Gasteiger partial charge in [0.1, 0.15) is 12.4 Å². The van der Waals surface area contributed by atoms with Crippen LogP contribution < -0.4 is 0 Å². The number of nitrogens with one attached hydrogen (secondary N) is 1. The van der Waals surface area contributed by atoms with Crippen LogP contribution in [-0.4, -0.2) is 39.5 Å². The highest BCUT2D eigenvalue weighted by molar-refractivity contribution is 5.94. The molecule has 0 spiro atoms. The molecule has 2 rings (SSSR count). The highest BCUT2D eigenvalue weighted by Crippen LogP contribution is 2.08. The van der Waals surface area contributed by atoms with Crippen molar-refractivity contribution in [1.82, 2.24) is 14.9 Å². The van der Waals surface area contributed by atoms with Crippen LogP contribution in [0.25, 0.3) is 0 Å². The van der Waals surface area contributed by atoms with Gasteiger partial charge in [0.25, 0.3) is 5.91 Å². The Hall–Kier alpha value is -2.58. The predicted molar refractivity (Wildman–Crippen MR) is 74.8 cm³/mol. The van der Waals surface area contributed by atoms with Gasteiger partial charge in [0.2, 0.25) is 0 Å². The summed E-state index contributed by atoms with van der Waals surface area (Å²) < 4.78 is 0. The third-order valence-corrected chi connectivity index (χ3v) is 2.71. The number of H-pyrrole nitrogens is 1. The Labute approximate surface area is 117 Å². The second-order valence-electron chi connectivity index (χ2n) is 4.24. The van der Waals surface area contributed by atoms with Crippen LogP contribution in [0.5, 0.6) is 0 Å². The van der Waals surface area contributed by atoms with Crippen molar-refractivity contribution in [3.8, 4) is 11.8 Å². The van der Waals surface area contributed by atoms with E-state index in [1.807, 2.05) is 0 Å². The molecule has 1 aromatic heterocycles. The molecule has 0 aliphatic carbocycles. The number of amides is 1. The monoisotopic (exact) mass is 269 g/mol. The zero-order chi connectivity index (χ0) is 14.4. The Bertz CT molecular complexity index is 639. The minimum absolute atomic E-state index is 0.103. The summed E-state index contributed by atoms with van der Waals surface area (Å²) >= 11 is 0. The Balaban J connectivity index is 2.12. The molecular formula is C15H15N3O2. The second kappa shape index (κ2) is 6.55. The van der Waals surface area contributed by atoms with Crippen molar-refractivity contribution < 1.29 is 9.90 Å². The van der Waals surface area contributed by atoms with Gasteiger partial charge in [0, 0.05) is 30.6 Å². The summed E-state index contributed by atoms with van der Waals surface area (Å²) in [6.07, 6.45) is 3.37. The number of carbonyl (C=O) groups excluding carboxylic acids is 1. The van der Waals surface area contributed by atoms with E-state index in [-0.39, 0.29) is 12.5 Å². The summed E-state index contributed by atoms with van der Waals surface area (Å²) in [5, 5.41) is 8.68. The third kappa shape index (κ3) is 3.46. The second-order valence-corrected chi connectivity index (χ2v) is 4.24. The van der Waals surface area contributed by atoms with Crippen molar-refractivity contribution in [3.63, 3.8) is 0 Å². The SMILES string of the molecule is CN(Cc1ncc[nH]1)C(=O)c1cccc(C#CCO)c1. The largest absolute Gasteiger partial charge is 0.384 e. The highest BCUT2D eigenvalue weighted by Gasteiger charge is 2.13. The van der Waals surface area contributed by atoms with Gasteiger partial charge < -0.3 is 15.0 Å². The Morgan fingerprint density at radius 2 is 2.35 bits per heavy atom. The number of nitrogens with zero attached hydrogens (tertiary/aromatic N) is 2. The summed E-state index contributed by atoms with van der Waals surface area (Å²) in [6.45, 7) is 0.217. The molecule has 1 aromatic carbocycles. The van der Waals surface area contributed by atoms with Gasteiger partial charge in [-0.1, -0.05) is 17.9 Å². The van der Waals surface area contributed by atoms with Gasteiger partial charge in [-0.25, -0.2) is 4.98 Å². The van der Waals surface area contributed by atoms with Crippen LogP contribution in [-0.2, 0) is 6.54 Å². The van der Waals surface area contributed by atoms with E-state index >= 15 is 0 Å². The fourth-order valence-corrected chi connectivity index (χ4v) is 1.77. The van der Waals surface area contributed by atoms with Gasteiger partial charge in [0.15, 0.2) is 0 Å². The van der Waals surface area contributed by atoms with Crippen LogP contribution in [0.2, 0.25) is 0 Å². The molecule has 102 valence electrons. The van der Waals surface area contributed by atoms with Crippen molar-refractivity contribution in [2.24, 2.45) is 0 Å². The zero-order valence-corrected chi connectivity index (χ0v) is 11.1. The van der Waals surface area contributed by atoms with Gasteiger partial charge in [-0.2, -0.15) is 0 Å². The van der Waals surface area contributed by atoms with Crippen LogP contribution in [0.15, 0.2) is 36.7 Å². The Kier molecular flexibility index (Phi) is 4.53. The number of hydrogen-bond donors (Lipinski definition) is 2. The Morgan fingerprint density at radius 1 is 1.50 bits per heavy atom. The molecule has 0 radical (unpaired) electrons. The number of aromatic nitrogens is 2. The highest BCUT2D eigenvalue weighted by atomic mass is 16.2. The number of aliphatic hydroxyl groups is 1. The number of aliphatic hydroxyl groups excluding tert-OH is 1. The maximum Gasteiger partial charge on any atom is 0.254 e. The molecule has 5 heteroatoms. The zero-order valence-electron chi connectivity index (χ0n) is 11.1. The molecule has 0 atom stereocenters. The van der Waals surface area contributed by atoms with Crippen molar-refractivity contribution in [1.29, 1.82) is 0 Å². The normalized spacial score (nSPS) is 9.70. The molecule has 0 unspecified atom stereocenters. The standard InChI is InChI=1S/C15H15N3O2/c1-18(11-14-16-7-8-17-14)15(20)13-6-2-4-12(10-13)5-3-9-19/h2,4,6-8,10,19H,9,11H2,1H3,(H,16,17). The number of benzene rings is 1. The van der Waals surface area contributed by atoms with E-state index in [0.717, 1.165) is 5.82 Å². The Morgan fingerprint density at radius 3 is 3.05 bits per heavy atom. The molecule has 2 aromatic rings. The summed E-state index contributed by atoms with van der Waals surface area (Å²) in [6, 6.07) is 7.02. The van der Waals surface area contributed by atoms with Crippen LogP contribution in [0.4, 0.5) is 0 Å². The average Bonchev–Trinajstić information content (AvgIpc) is 2.97. The van der Waals surface area contributed by atoms with Crippen molar-refractivity contribution in [2.45, 2.75) is 6.54 Å². The number of aromatic amines is 1. The smallest absolute Gasteiger partial charge is 0.254 e. The first-order chi connectivity index (χ1) is 9.70. The molecule has 0 aliphatic rings. The molecule has 0 saturated heterocycles. The van der Waals surface area contributed by atoms with Crippen molar-refractivity contribution in [3.05, 3.63) is 53.6 Å². The number of carbonyl (C=O) groups is 1. The molecule has 1 heterocycles. The summed E-state index contributed by atoms with van der Waals surface area (Å²) in [5.74, 6) is 5.98. The first kappa shape index (κ1) is 13.8. The molecule has 0 bridgehead atoms. The van der Waals surface area contributed by atoms with Gasteiger partial charge in [-0.05, 0) is 18.2 Å². The summed E-state index contributed by atoms with van der Waals surface area (Å²) in [4.78, 5) is 20.9. The third-order valence-electron chi connectivity index (χ3n) is 2.71. The lowest BCUT2D eigenvalue weighted by Crippen LogP contribution is -2.26.